The number of carbonyl (C=O) groups is 1. The minimum Gasteiger partial charge on any atom is -0.350 e. The van der Waals surface area contributed by atoms with Crippen LogP contribution in [0.5, 0.6) is 0 Å². The van der Waals surface area contributed by atoms with Crippen molar-refractivity contribution in [1.82, 2.24) is 20.1 Å². The molecule has 0 aliphatic heterocycles. The van der Waals surface area contributed by atoms with Crippen molar-refractivity contribution in [3.8, 4) is 0 Å². The van der Waals surface area contributed by atoms with E-state index in [0.29, 0.717) is 16.8 Å². The number of aromatic amines is 1. The lowest BCUT2D eigenvalue weighted by atomic mass is 10.0. The van der Waals surface area contributed by atoms with Crippen molar-refractivity contribution in [2.45, 2.75) is 39.7 Å². The number of rotatable bonds is 5. The molecule has 0 aliphatic carbocycles. The summed E-state index contributed by atoms with van der Waals surface area (Å²) in [4.78, 5) is 27.6. The molecular formula is C20H22F2N4O2. The second-order valence-corrected chi connectivity index (χ2v) is 6.95. The van der Waals surface area contributed by atoms with E-state index in [0.717, 1.165) is 28.8 Å². The van der Waals surface area contributed by atoms with Crippen LogP contribution in [0.25, 0.3) is 11.0 Å². The van der Waals surface area contributed by atoms with Crippen LogP contribution in [0.1, 0.15) is 41.8 Å². The molecule has 8 heteroatoms. The molecule has 0 spiro atoms. The van der Waals surface area contributed by atoms with Gasteiger partial charge in [-0.15, -0.1) is 0 Å². The summed E-state index contributed by atoms with van der Waals surface area (Å²) in [6.45, 7) is 5.41. The van der Waals surface area contributed by atoms with Gasteiger partial charge in [0.05, 0.1) is 11.7 Å². The molecule has 2 N–H and O–H groups in total. The fraction of sp³-hybridized carbons (Fsp3) is 0.350. The summed E-state index contributed by atoms with van der Waals surface area (Å²) in [7, 11) is 1.76. The number of aromatic nitrogens is 3. The molecule has 0 fully saturated rings. The highest BCUT2D eigenvalue weighted by Crippen LogP contribution is 2.21. The van der Waals surface area contributed by atoms with Gasteiger partial charge in [0.2, 0.25) is 5.91 Å². The number of amides is 1. The van der Waals surface area contributed by atoms with Gasteiger partial charge in [0.1, 0.15) is 5.65 Å². The predicted molar refractivity (Wildman–Crippen MR) is 102 cm³/mol. The van der Waals surface area contributed by atoms with Crippen LogP contribution in [-0.2, 0) is 18.3 Å². The second-order valence-electron chi connectivity index (χ2n) is 6.95. The second kappa shape index (κ2) is 7.53. The maximum absolute atomic E-state index is 13.4. The molecule has 3 rings (SSSR count). The van der Waals surface area contributed by atoms with Gasteiger partial charge in [-0.25, -0.2) is 8.78 Å². The summed E-state index contributed by atoms with van der Waals surface area (Å²) in [6, 6.07) is 3.04. The number of benzene rings is 1. The Hall–Kier alpha value is -3.03. The standard InChI is InChI=1S/C20H22F2N4O2/c1-10-14(20(28)24-19-18(10)12(3)25-26(19)4)6-8-17(27)23-11(2)13-5-7-15(21)16(22)9-13/h5,7,9,11H,6,8H2,1-4H3,(H,23,27)(H,24,28). The van der Waals surface area contributed by atoms with Crippen molar-refractivity contribution in [3.05, 3.63) is 62.6 Å². The molecule has 0 aliphatic rings. The minimum atomic E-state index is -0.957. The first-order valence-corrected chi connectivity index (χ1v) is 8.98. The Labute approximate surface area is 160 Å². The largest absolute Gasteiger partial charge is 0.350 e. The number of nitrogens with one attached hydrogen (secondary N) is 2. The monoisotopic (exact) mass is 388 g/mol. The number of hydrogen-bond acceptors (Lipinski definition) is 3. The molecule has 6 nitrogen and oxygen atoms in total. The van der Waals surface area contributed by atoms with Gasteiger partial charge in [-0.3, -0.25) is 14.3 Å². The summed E-state index contributed by atoms with van der Waals surface area (Å²) >= 11 is 0. The van der Waals surface area contributed by atoms with Gasteiger partial charge in [0, 0.05) is 24.4 Å². The number of pyridine rings is 1. The van der Waals surface area contributed by atoms with Gasteiger partial charge in [0.15, 0.2) is 11.6 Å². The number of aryl methyl sites for hydroxylation is 3. The number of carbonyl (C=O) groups excluding carboxylic acids is 1. The number of H-pyrrole nitrogens is 1. The first-order chi connectivity index (χ1) is 13.2. The molecule has 0 saturated carbocycles. The molecule has 0 saturated heterocycles. The lowest BCUT2D eigenvalue weighted by molar-refractivity contribution is -0.121. The van der Waals surface area contributed by atoms with E-state index in [9.17, 15) is 18.4 Å². The van der Waals surface area contributed by atoms with E-state index in [4.69, 9.17) is 0 Å². The van der Waals surface area contributed by atoms with Gasteiger partial charge in [0.25, 0.3) is 5.56 Å². The smallest absolute Gasteiger partial charge is 0.253 e. The van der Waals surface area contributed by atoms with Crippen molar-refractivity contribution >= 4 is 16.9 Å². The third-order valence-corrected chi connectivity index (χ3v) is 4.98. The number of hydrogen-bond donors (Lipinski definition) is 2. The fourth-order valence-corrected chi connectivity index (χ4v) is 3.47. The lowest BCUT2D eigenvalue weighted by Crippen LogP contribution is -2.28. The zero-order chi connectivity index (χ0) is 20.6. The van der Waals surface area contributed by atoms with Gasteiger partial charge < -0.3 is 10.3 Å². The molecule has 1 unspecified atom stereocenters. The summed E-state index contributed by atoms with van der Waals surface area (Å²) in [5.41, 5.74) is 3.04. The number of fused-ring (bicyclic) bond motifs is 1. The number of halogens is 2. The first kappa shape index (κ1) is 19.7. The maximum atomic E-state index is 13.4. The molecule has 0 radical (unpaired) electrons. The Bertz CT molecular complexity index is 1120. The highest BCUT2D eigenvalue weighted by Gasteiger charge is 2.17. The third-order valence-electron chi connectivity index (χ3n) is 4.98. The van der Waals surface area contributed by atoms with Gasteiger partial charge in [-0.1, -0.05) is 6.07 Å². The Morgan fingerprint density at radius 1 is 1.29 bits per heavy atom. The summed E-state index contributed by atoms with van der Waals surface area (Å²) in [5.74, 6) is -2.17. The highest BCUT2D eigenvalue weighted by molar-refractivity contribution is 5.83. The molecule has 0 bridgehead atoms. The topological polar surface area (TPSA) is 79.8 Å². The molecule has 1 amide bonds. The Morgan fingerprint density at radius 2 is 2.00 bits per heavy atom. The van der Waals surface area contributed by atoms with Crippen molar-refractivity contribution in [2.75, 3.05) is 0 Å². The Kier molecular flexibility index (Phi) is 5.31. The molecule has 28 heavy (non-hydrogen) atoms. The van der Waals surface area contributed by atoms with E-state index < -0.39 is 17.7 Å². The summed E-state index contributed by atoms with van der Waals surface area (Å²) < 4.78 is 28.0. The van der Waals surface area contributed by atoms with Crippen LogP contribution < -0.4 is 10.9 Å². The predicted octanol–water partition coefficient (Wildman–Crippen LogP) is 2.97. The molecular weight excluding hydrogens is 366 g/mol. The minimum absolute atomic E-state index is 0.1000. The summed E-state index contributed by atoms with van der Waals surface area (Å²) in [5, 5.41) is 7.95. The average molecular weight is 388 g/mol. The first-order valence-electron chi connectivity index (χ1n) is 8.98. The average Bonchev–Trinajstić information content (AvgIpc) is 2.90. The van der Waals surface area contributed by atoms with E-state index in [1.165, 1.54) is 6.07 Å². The quantitative estimate of drug-likeness (QED) is 0.705. The van der Waals surface area contributed by atoms with Crippen LogP contribution in [0, 0.1) is 25.5 Å². The van der Waals surface area contributed by atoms with Gasteiger partial charge in [-0.2, -0.15) is 5.10 Å². The van der Waals surface area contributed by atoms with Crippen LogP contribution in [0.4, 0.5) is 8.78 Å². The van der Waals surface area contributed by atoms with E-state index in [1.54, 1.807) is 18.7 Å². The van der Waals surface area contributed by atoms with E-state index >= 15 is 0 Å². The normalized spacial score (nSPS) is 12.4. The van der Waals surface area contributed by atoms with Gasteiger partial charge in [-0.05, 0) is 50.5 Å². The van der Waals surface area contributed by atoms with Gasteiger partial charge >= 0.3 is 0 Å². The molecule has 1 aromatic carbocycles. The molecule has 2 heterocycles. The van der Waals surface area contributed by atoms with E-state index in [2.05, 4.69) is 15.4 Å². The number of nitrogens with zero attached hydrogens (tertiary/aromatic N) is 2. The summed E-state index contributed by atoms with van der Waals surface area (Å²) in [6.07, 6.45) is 0.366. The van der Waals surface area contributed by atoms with Crippen LogP contribution >= 0.6 is 0 Å². The van der Waals surface area contributed by atoms with Crippen molar-refractivity contribution in [1.29, 1.82) is 0 Å². The van der Waals surface area contributed by atoms with Crippen molar-refractivity contribution < 1.29 is 13.6 Å². The SMILES string of the molecule is Cc1nn(C)c2[nH]c(=O)c(CCC(=O)NC(C)c3ccc(F)c(F)c3)c(C)c12. The van der Waals surface area contributed by atoms with Crippen molar-refractivity contribution in [3.63, 3.8) is 0 Å². The van der Waals surface area contributed by atoms with Crippen molar-refractivity contribution in [2.24, 2.45) is 7.05 Å². The van der Waals surface area contributed by atoms with E-state index in [-0.39, 0.29) is 24.3 Å². The third kappa shape index (κ3) is 3.67. The maximum Gasteiger partial charge on any atom is 0.253 e. The molecule has 3 aromatic rings. The molecule has 148 valence electrons. The van der Waals surface area contributed by atoms with Crippen LogP contribution in [0.2, 0.25) is 0 Å². The van der Waals surface area contributed by atoms with Crippen LogP contribution in [-0.4, -0.2) is 20.7 Å². The Morgan fingerprint density at radius 3 is 2.68 bits per heavy atom. The molecule has 2 aromatic heterocycles. The van der Waals surface area contributed by atoms with E-state index in [1.807, 2.05) is 13.8 Å². The zero-order valence-electron chi connectivity index (χ0n) is 16.2. The fourth-order valence-electron chi connectivity index (χ4n) is 3.47. The zero-order valence-corrected chi connectivity index (χ0v) is 16.2. The highest BCUT2D eigenvalue weighted by atomic mass is 19.2. The van der Waals surface area contributed by atoms with Crippen LogP contribution in [0.3, 0.4) is 0 Å². The lowest BCUT2D eigenvalue weighted by Gasteiger charge is -2.15. The Balaban J connectivity index is 1.73. The van der Waals surface area contributed by atoms with Crippen LogP contribution in [0.15, 0.2) is 23.0 Å². The molecule has 1 atom stereocenters.